The third kappa shape index (κ3) is 3.19. The Bertz CT molecular complexity index is 569. The van der Waals surface area contributed by atoms with Gasteiger partial charge in [-0.05, 0) is 30.4 Å². The molecule has 0 bridgehead atoms. The standard InChI is InChI=1S/C21H28O/c1-4-11-17(12-5-2)21(3,18-13-7-6-8-14-18)19-15-9-10-16-20(19)22/h6-10,13-17,22H,4-5,11-12H2,1-3H3. The molecule has 0 saturated carbocycles. The lowest BCUT2D eigenvalue weighted by Crippen LogP contribution is -2.33. The normalized spacial score (nSPS) is 14.0. The number of rotatable bonds is 7. The summed E-state index contributed by atoms with van der Waals surface area (Å²) in [6, 6.07) is 18.5. The summed E-state index contributed by atoms with van der Waals surface area (Å²) in [5, 5.41) is 10.5. The van der Waals surface area contributed by atoms with Crippen LogP contribution in [0.3, 0.4) is 0 Å². The largest absolute Gasteiger partial charge is 0.508 e. The molecule has 2 aromatic carbocycles. The molecule has 22 heavy (non-hydrogen) atoms. The Morgan fingerprint density at radius 3 is 1.95 bits per heavy atom. The van der Waals surface area contributed by atoms with Crippen molar-refractivity contribution in [2.24, 2.45) is 5.92 Å². The average molecular weight is 296 g/mol. The molecular formula is C21H28O. The van der Waals surface area contributed by atoms with E-state index in [0.29, 0.717) is 11.7 Å². The third-order valence-electron chi connectivity index (χ3n) is 4.93. The molecule has 1 heteroatoms. The zero-order valence-electron chi connectivity index (χ0n) is 14.0. The Kier molecular flexibility index (Phi) is 5.65. The summed E-state index contributed by atoms with van der Waals surface area (Å²) >= 11 is 0. The Labute approximate surface area is 135 Å². The van der Waals surface area contributed by atoms with Gasteiger partial charge in [-0.3, -0.25) is 0 Å². The van der Waals surface area contributed by atoms with Gasteiger partial charge in [0.15, 0.2) is 0 Å². The van der Waals surface area contributed by atoms with E-state index in [-0.39, 0.29) is 5.41 Å². The monoisotopic (exact) mass is 296 g/mol. The second kappa shape index (κ2) is 7.49. The van der Waals surface area contributed by atoms with Gasteiger partial charge in [0.1, 0.15) is 5.75 Å². The zero-order chi connectivity index (χ0) is 16.0. The van der Waals surface area contributed by atoms with E-state index < -0.39 is 0 Å². The zero-order valence-corrected chi connectivity index (χ0v) is 14.0. The van der Waals surface area contributed by atoms with Gasteiger partial charge in [0.05, 0.1) is 0 Å². The molecule has 0 amide bonds. The van der Waals surface area contributed by atoms with Crippen molar-refractivity contribution in [3.63, 3.8) is 0 Å². The maximum Gasteiger partial charge on any atom is 0.119 e. The molecule has 0 aliphatic rings. The summed E-state index contributed by atoms with van der Waals surface area (Å²) in [4.78, 5) is 0. The van der Waals surface area contributed by atoms with Crippen LogP contribution in [-0.4, -0.2) is 5.11 Å². The van der Waals surface area contributed by atoms with Crippen LogP contribution in [0.2, 0.25) is 0 Å². The number of phenolic OH excluding ortho intramolecular Hbond substituents is 1. The van der Waals surface area contributed by atoms with E-state index in [1.54, 1.807) is 0 Å². The first-order valence-corrected chi connectivity index (χ1v) is 8.48. The summed E-state index contributed by atoms with van der Waals surface area (Å²) < 4.78 is 0. The van der Waals surface area contributed by atoms with Crippen LogP contribution in [0.5, 0.6) is 5.75 Å². The van der Waals surface area contributed by atoms with Gasteiger partial charge in [-0.25, -0.2) is 0 Å². The number of aromatic hydroxyl groups is 1. The van der Waals surface area contributed by atoms with Gasteiger partial charge < -0.3 is 5.11 Å². The van der Waals surface area contributed by atoms with Crippen molar-refractivity contribution in [2.45, 2.75) is 51.9 Å². The fourth-order valence-electron chi connectivity index (χ4n) is 3.73. The van der Waals surface area contributed by atoms with Crippen molar-refractivity contribution in [1.82, 2.24) is 0 Å². The van der Waals surface area contributed by atoms with Crippen LogP contribution in [-0.2, 0) is 5.41 Å². The molecule has 1 unspecified atom stereocenters. The fourth-order valence-corrected chi connectivity index (χ4v) is 3.73. The van der Waals surface area contributed by atoms with Crippen LogP contribution >= 0.6 is 0 Å². The predicted octanol–water partition coefficient (Wildman–Crippen LogP) is 5.91. The van der Waals surface area contributed by atoms with E-state index in [2.05, 4.69) is 57.2 Å². The van der Waals surface area contributed by atoms with Crippen molar-refractivity contribution in [3.05, 3.63) is 65.7 Å². The number of phenols is 1. The molecule has 0 aliphatic carbocycles. The summed E-state index contributed by atoms with van der Waals surface area (Å²) in [6.45, 7) is 6.80. The van der Waals surface area contributed by atoms with Crippen LogP contribution < -0.4 is 0 Å². The molecular weight excluding hydrogens is 268 g/mol. The lowest BCUT2D eigenvalue weighted by Gasteiger charge is -2.39. The van der Waals surface area contributed by atoms with Crippen LogP contribution in [0.4, 0.5) is 0 Å². The maximum atomic E-state index is 10.5. The average Bonchev–Trinajstić information content (AvgIpc) is 2.55. The van der Waals surface area contributed by atoms with E-state index in [0.717, 1.165) is 5.56 Å². The molecule has 1 nitrogen and oxygen atoms in total. The van der Waals surface area contributed by atoms with Crippen molar-refractivity contribution in [3.8, 4) is 5.75 Å². The summed E-state index contributed by atoms with van der Waals surface area (Å²) in [5.41, 5.74) is 2.19. The Hall–Kier alpha value is -1.76. The highest BCUT2D eigenvalue weighted by Crippen LogP contribution is 2.46. The summed E-state index contributed by atoms with van der Waals surface area (Å²) in [5.74, 6) is 0.934. The van der Waals surface area contributed by atoms with E-state index in [4.69, 9.17) is 0 Å². The molecule has 0 fully saturated rings. The predicted molar refractivity (Wildman–Crippen MR) is 94.3 cm³/mol. The molecule has 2 aromatic rings. The van der Waals surface area contributed by atoms with Gasteiger partial charge >= 0.3 is 0 Å². The van der Waals surface area contributed by atoms with Gasteiger partial charge in [-0.2, -0.15) is 0 Å². The van der Waals surface area contributed by atoms with Gasteiger partial charge in [0.2, 0.25) is 0 Å². The second-order valence-corrected chi connectivity index (χ2v) is 6.36. The van der Waals surface area contributed by atoms with Crippen LogP contribution in [0, 0.1) is 5.92 Å². The number of hydrogen-bond acceptors (Lipinski definition) is 1. The smallest absolute Gasteiger partial charge is 0.119 e. The molecule has 0 radical (unpaired) electrons. The van der Waals surface area contributed by atoms with Crippen molar-refractivity contribution < 1.29 is 5.11 Å². The summed E-state index contributed by atoms with van der Waals surface area (Å²) in [6.07, 6.45) is 4.68. The van der Waals surface area contributed by atoms with Gasteiger partial charge in [0, 0.05) is 11.0 Å². The molecule has 0 spiro atoms. The quantitative estimate of drug-likeness (QED) is 0.673. The van der Waals surface area contributed by atoms with E-state index in [1.165, 1.54) is 31.2 Å². The molecule has 118 valence electrons. The molecule has 0 saturated heterocycles. The van der Waals surface area contributed by atoms with Gasteiger partial charge in [-0.1, -0.05) is 82.1 Å². The van der Waals surface area contributed by atoms with Crippen molar-refractivity contribution in [2.75, 3.05) is 0 Å². The van der Waals surface area contributed by atoms with Gasteiger partial charge in [0.25, 0.3) is 0 Å². The molecule has 1 atom stereocenters. The van der Waals surface area contributed by atoms with E-state index in [9.17, 15) is 5.11 Å². The summed E-state index contributed by atoms with van der Waals surface area (Å²) in [7, 11) is 0. The topological polar surface area (TPSA) is 20.2 Å². The van der Waals surface area contributed by atoms with Crippen LogP contribution in [0.15, 0.2) is 54.6 Å². The minimum Gasteiger partial charge on any atom is -0.508 e. The van der Waals surface area contributed by atoms with Crippen LogP contribution in [0.1, 0.15) is 57.6 Å². The molecule has 2 rings (SSSR count). The SMILES string of the molecule is CCCC(CCC)C(C)(c1ccccc1)c1ccccc1O. The molecule has 0 aromatic heterocycles. The number of hydrogen-bond donors (Lipinski definition) is 1. The number of para-hydroxylation sites is 1. The van der Waals surface area contributed by atoms with Crippen molar-refractivity contribution >= 4 is 0 Å². The van der Waals surface area contributed by atoms with Crippen molar-refractivity contribution in [1.29, 1.82) is 0 Å². The first-order chi connectivity index (χ1) is 10.6. The Balaban J connectivity index is 2.60. The van der Waals surface area contributed by atoms with Crippen LogP contribution in [0.25, 0.3) is 0 Å². The van der Waals surface area contributed by atoms with E-state index in [1.807, 2.05) is 18.2 Å². The Morgan fingerprint density at radius 1 is 0.864 bits per heavy atom. The first-order valence-electron chi connectivity index (χ1n) is 8.48. The van der Waals surface area contributed by atoms with E-state index >= 15 is 0 Å². The highest BCUT2D eigenvalue weighted by molar-refractivity contribution is 5.46. The lowest BCUT2D eigenvalue weighted by molar-refractivity contribution is 0.290. The highest BCUT2D eigenvalue weighted by Gasteiger charge is 2.38. The lowest BCUT2D eigenvalue weighted by atomic mass is 9.64. The fraction of sp³-hybridized carbons (Fsp3) is 0.429. The first kappa shape index (κ1) is 16.6. The Morgan fingerprint density at radius 2 is 1.41 bits per heavy atom. The minimum absolute atomic E-state index is 0.154. The molecule has 0 heterocycles. The third-order valence-corrected chi connectivity index (χ3v) is 4.93. The highest BCUT2D eigenvalue weighted by atomic mass is 16.3. The van der Waals surface area contributed by atoms with Gasteiger partial charge in [-0.15, -0.1) is 0 Å². The minimum atomic E-state index is -0.154. The molecule has 0 aliphatic heterocycles. The second-order valence-electron chi connectivity index (χ2n) is 6.36. The number of benzene rings is 2. The molecule has 1 N–H and O–H groups in total. The maximum absolute atomic E-state index is 10.5.